The molecule has 0 saturated heterocycles. The van der Waals surface area contributed by atoms with E-state index in [1.807, 2.05) is 47.5 Å². The molecule has 0 aliphatic carbocycles. The van der Waals surface area contributed by atoms with E-state index in [0.29, 0.717) is 32.9 Å². The molecule has 3 aromatic rings. The second kappa shape index (κ2) is 9.81. The summed E-state index contributed by atoms with van der Waals surface area (Å²) >= 11 is 18.6. The molecule has 1 atom stereocenters. The number of rotatable bonds is 7. The van der Waals surface area contributed by atoms with Crippen LogP contribution < -0.4 is 9.73 Å². The highest BCUT2D eigenvalue weighted by atomic mass is 35.5. The smallest absolute Gasteiger partial charge is 0.216 e. The van der Waals surface area contributed by atoms with Crippen molar-refractivity contribution in [2.24, 2.45) is 5.10 Å². The molecule has 0 radical (unpaired) electrons. The maximum Gasteiger partial charge on any atom is 0.216 e. The number of nitrogens with zero attached hydrogens (tertiary/aromatic N) is 2. The average Bonchev–Trinajstić information content (AvgIpc) is 3.17. The lowest BCUT2D eigenvalue weighted by Gasteiger charge is -2.25. The predicted octanol–water partition coefficient (Wildman–Crippen LogP) is 6.07. The topological polar surface area (TPSA) is 61.8 Å². The van der Waals surface area contributed by atoms with Crippen LogP contribution in [0.1, 0.15) is 23.6 Å². The van der Waals surface area contributed by atoms with E-state index in [2.05, 4.69) is 4.72 Å². The Labute approximate surface area is 202 Å². The van der Waals surface area contributed by atoms with Crippen LogP contribution in [0.15, 0.2) is 77.9 Å². The second-order valence-electron chi connectivity index (χ2n) is 7.44. The fraction of sp³-hybridized carbons (Fsp3) is 0.174. The molecule has 4 rings (SSSR count). The van der Waals surface area contributed by atoms with Crippen molar-refractivity contribution in [1.82, 2.24) is 4.72 Å². The van der Waals surface area contributed by atoms with Crippen molar-refractivity contribution in [3.63, 3.8) is 0 Å². The molecule has 166 valence electrons. The molecule has 32 heavy (non-hydrogen) atoms. The van der Waals surface area contributed by atoms with E-state index in [1.54, 1.807) is 30.3 Å². The van der Waals surface area contributed by atoms with E-state index in [4.69, 9.17) is 39.9 Å². The summed E-state index contributed by atoms with van der Waals surface area (Å²) in [5.74, 6) is -0.0888. The molecule has 1 unspecified atom stereocenters. The fourth-order valence-corrected chi connectivity index (χ4v) is 5.29. The van der Waals surface area contributed by atoms with Gasteiger partial charge in [0.15, 0.2) is 0 Å². The van der Waals surface area contributed by atoms with Crippen molar-refractivity contribution in [2.75, 3.05) is 11.6 Å². The monoisotopic (exact) mass is 507 g/mol. The Morgan fingerprint density at radius 3 is 2.31 bits per heavy atom. The minimum Gasteiger partial charge on any atom is -0.256 e. The second-order valence-corrected chi connectivity index (χ2v) is 10.5. The van der Waals surface area contributed by atoms with Crippen LogP contribution in [-0.4, -0.2) is 20.7 Å². The summed E-state index contributed by atoms with van der Waals surface area (Å²) in [6.07, 6.45) is 0.536. The van der Waals surface area contributed by atoms with Gasteiger partial charge in [-0.3, -0.25) is 5.01 Å². The van der Waals surface area contributed by atoms with Gasteiger partial charge in [0.25, 0.3) is 0 Å². The van der Waals surface area contributed by atoms with Gasteiger partial charge in [-0.05, 0) is 41.5 Å². The van der Waals surface area contributed by atoms with Gasteiger partial charge < -0.3 is 0 Å². The number of benzene rings is 3. The van der Waals surface area contributed by atoms with Gasteiger partial charge >= 0.3 is 0 Å². The Kier molecular flexibility index (Phi) is 7.08. The van der Waals surface area contributed by atoms with Gasteiger partial charge in [-0.2, -0.15) is 5.10 Å². The van der Waals surface area contributed by atoms with E-state index in [1.165, 1.54) is 0 Å². The quantitative estimate of drug-likeness (QED) is 0.421. The maximum absolute atomic E-state index is 12.6. The van der Waals surface area contributed by atoms with Crippen molar-refractivity contribution in [3.8, 4) is 0 Å². The standard InChI is InChI=1S/C23H20Cl3N3O2S/c24-18-8-6-17(7-9-18)23-13-20(28-29(23)22-11-10-19(25)12-21(22)26)14-27-32(30,31)15-16-4-2-1-3-5-16/h1-12,23,27H,13-15H2. The first-order valence-electron chi connectivity index (χ1n) is 9.88. The highest BCUT2D eigenvalue weighted by molar-refractivity contribution is 7.88. The van der Waals surface area contributed by atoms with E-state index in [-0.39, 0.29) is 18.3 Å². The van der Waals surface area contributed by atoms with Crippen molar-refractivity contribution in [3.05, 3.63) is 99.0 Å². The van der Waals surface area contributed by atoms with Gasteiger partial charge in [-0.15, -0.1) is 0 Å². The average molecular weight is 509 g/mol. The van der Waals surface area contributed by atoms with Crippen LogP contribution >= 0.6 is 34.8 Å². The fourth-order valence-electron chi connectivity index (χ4n) is 3.55. The Balaban J connectivity index is 1.56. The van der Waals surface area contributed by atoms with E-state index < -0.39 is 10.0 Å². The SMILES string of the molecule is O=S(=O)(Cc1ccccc1)NCC1=NN(c2ccc(Cl)cc2Cl)C(c2ccc(Cl)cc2)C1. The molecule has 1 aliphatic rings. The zero-order chi connectivity index (χ0) is 22.7. The van der Waals surface area contributed by atoms with Gasteiger partial charge in [0.2, 0.25) is 10.0 Å². The van der Waals surface area contributed by atoms with Gasteiger partial charge in [0, 0.05) is 16.5 Å². The van der Waals surface area contributed by atoms with E-state index in [0.717, 1.165) is 11.1 Å². The summed E-state index contributed by atoms with van der Waals surface area (Å²) in [6.45, 7) is 0.112. The first kappa shape index (κ1) is 23.1. The van der Waals surface area contributed by atoms with Gasteiger partial charge in [-0.1, -0.05) is 77.3 Å². The Hall–Kier alpha value is -2.09. The zero-order valence-electron chi connectivity index (χ0n) is 16.9. The third-order valence-electron chi connectivity index (χ3n) is 5.08. The Morgan fingerprint density at radius 1 is 0.938 bits per heavy atom. The summed E-state index contributed by atoms with van der Waals surface area (Å²) in [5.41, 5.74) is 3.11. The molecule has 1 N–H and O–H groups in total. The number of anilines is 1. The number of sulfonamides is 1. The molecule has 0 aromatic heterocycles. The first-order valence-corrected chi connectivity index (χ1v) is 12.7. The molecule has 0 saturated carbocycles. The van der Waals surface area contributed by atoms with Crippen LogP contribution in [0.5, 0.6) is 0 Å². The third-order valence-corrected chi connectivity index (χ3v) is 7.17. The zero-order valence-corrected chi connectivity index (χ0v) is 20.0. The predicted molar refractivity (Wildman–Crippen MR) is 132 cm³/mol. The largest absolute Gasteiger partial charge is 0.256 e. The molecule has 1 aliphatic heterocycles. The summed E-state index contributed by atoms with van der Waals surface area (Å²) < 4.78 is 27.8. The van der Waals surface area contributed by atoms with E-state index in [9.17, 15) is 8.42 Å². The molecule has 0 bridgehead atoms. The van der Waals surface area contributed by atoms with Crippen molar-refractivity contribution in [2.45, 2.75) is 18.2 Å². The molecule has 1 heterocycles. The summed E-state index contributed by atoms with van der Waals surface area (Å²) in [6, 6.07) is 21.6. The number of hydrogen-bond acceptors (Lipinski definition) is 4. The van der Waals surface area contributed by atoms with Gasteiger partial charge in [0.05, 0.1) is 34.8 Å². The minimum absolute atomic E-state index is 0.0888. The van der Waals surface area contributed by atoms with Crippen LogP contribution in [0.2, 0.25) is 15.1 Å². The number of hydrogen-bond donors (Lipinski definition) is 1. The van der Waals surface area contributed by atoms with Crippen LogP contribution in [0.3, 0.4) is 0 Å². The third kappa shape index (κ3) is 5.63. The van der Waals surface area contributed by atoms with Crippen LogP contribution in [0.25, 0.3) is 0 Å². The highest BCUT2D eigenvalue weighted by Gasteiger charge is 2.31. The van der Waals surface area contributed by atoms with E-state index >= 15 is 0 Å². The molecular formula is C23H20Cl3N3O2S. The first-order chi connectivity index (χ1) is 15.3. The minimum atomic E-state index is -3.52. The lowest BCUT2D eigenvalue weighted by atomic mass is 10.0. The lowest BCUT2D eigenvalue weighted by Crippen LogP contribution is -2.30. The Bertz CT molecular complexity index is 1230. The number of halogens is 3. The molecule has 0 spiro atoms. The Morgan fingerprint density at radius 2 is 1.62 bits per heavy atom. The maximum atomic E-state index is 12.6. The molecule has 3 aromatic carbocycles. The van der Waals surface area contributed by atoms with Crippen molar-refractivity contribution >= 4 is 56.2 Å². The van der Waals surface area contributed by atoms with Crippen molar-refractivity contribution in [1.29, 1.82) is 0 Å². The highest BCUT2D eigenvalue weighted by Crippen LogP contribution is 2.39. The lowest BCUT2D eigenvalue weighted by molar-refractivity contribution is 0.585. The summed E-state index contributed by atoms with van der Waals surface area (Å²) in [7, 11) is -3.52. The number of nitrogens with one attached hydrogen (secondary N) is 1. The van der Waals surface area contributed by atoms with Crippen molar-refractivity contribution < 1.29 is 8.42 Å². The summed E-state index contributed by atoms with van der Waals surface area (Å²) in [5, 5.41) is 8.14. The normalized spacial score (nSPS) is 16.3. The molecule has 0 amide bonds. The van der Waals surface area contributed by atoms with Crippen LogP contribution in [-0.2, 0) is 15.8 Å². The van der Waals surface area contributed by atoms with Gasteiger partial charge in [0.1, 0.15) is 0 Å². The van der Waals surface area contributed by atoms with Crippen LogP contribution in [0.4, 0.5) is 5.69 Å². The molecular weight excluding hydrogens is 489 g/mol. The number of hydrazone groups is 1. The van der Waals surface area contributed by atoms with Crippen LogP contribution in [0, 0.1) is 0 Å². The molecule has 5 nitrogen and oxygen atoms in total. The summed E-state index contributed by atoms with van der Waals surface area (Å²) in [4.78, 5) is 0. The molecule has 9 heteroatoms. The molecule has 0 fully saturated rings. The van der Waals surface area contributed by atoms with Gasteiger partial charge in [-0.25, -0.2) is 13.1 Å².